The van der Waals surface area contributed by atoms with E-state index in [4.69, 9.17) is 0 Å². The molecular weight excluding hydrogens is 222 g/mol. The number of benzene rings is 1. The van der Waals surface area contributed by atoms with Crippen LogP contribution in [0, 0.1) is 15.5 Å². The van der Waals surface area contributed by atoms with Gasteiger partial charge in [0.1, 0.15) is 5.78 Å². The summed E-state index contributed by atoms with van der Waals surface area (Å²) in [5.41, 5.74) is -0.548. The Morgan fingerprint density at radius 3 is 2.12 bits per heavy atom. The van der Waals surface area contributed by atoms with Crippen molar-refractivity contribution in [2.75, 3.05) is 0 Å². The average Bonchev–Trinajstić information content (AvgIpc) is 3.09. The second kappa shape index (κ2) is 3.76. The third-order valence-corrected chi connectivity index (χ3v) is 3.20. The third-order valence-electron chi connectivity index (χ3n) is 3.20. The topological polar surface area (TPSA) is 77.3 Å². The Morgan fingerprint density at radius 1 is 1.24 bits per heavy atom. The van der Waals surface area contributed by atoms with Crippen molar-refractivity contribution in [2.24, 2.45) is 5.41 Å². The van der Waals surface area contributed by atoms with E-state index in [1.165, 1.54) is 31.2 Å². The Labute approximate surface area is 97.6 Å². The molecule has 1 aromatic rings. The lowest BCUT2D eigenvalue weighted by Gasteiger charge is -2.09. The van der Waals surface area contributed by atoms with Crippen LogP contribution in [-0.4, -0.2) is 16.5 Å². The molecule has 2 rings (SSSR count). The molecule has 0 N–H and O–H groups in total. The molecule has 0 spiro atoms. The zero-order chi connectivity index (χ0) is 12.6. The van der Waals surface area contributed by atoms with Crippen LogP contribution in [0.2, 0.25) is 0 Å². The SMILES string of the molecule is CC(=O)C1(C(=O)c2ccc([N+](=O)[O-])cc2)CC1. The molecule has 1 aliphatic rings. The largest absolute Gasteiger partial charge is 0.299 e. The summed E-state index contributed by atoms with van der Waals surface area (Å²) in [6.45, 7) is 1.41. The van der Waals surface area contributed by atoms with Crippen LogP contribution in [0.5, 0.6) is 0 Å². The van der Waals surface area contributed by atoms with E-state index in [1.807, 2.05) is 0 Å². The highest BCUT2D eigenvalue weighted by molar-refractivity contribution is 6.16. The Bertz CT molecular complexity index is 500. The van der Waals surface area contributed by atoms with Gasteiger partial charge in [0.15, 0.2) is 5.78 Å². The molecular formula is C12H11NO4. The first-order valence-electron chi connectivity index (χ1n) is 5.28. The molecule has 0 heterocycles. The minimum atomic E-state index is -0.851. The van der Waals surface area contributed by atoms with E-state index in [0.29, 0.717) is 18.4 Å². The van der Waals surface area contributed by atoms with Crippen molar-refractivity contribution in [3.63, 3.8) is 0 Å². The highest BCUT2D eigenvalue weighted by Crippen LogP contribution is 2.49. The summed E-state index contributed by atoms with van der Waals surface area (Å²) >= 11 is 0. The third kappa shape index (κ3) is 1.84. The molecule has 5 nitrogen and oxygen atoms in total. The Morgan fingerprint density at radius 2 is 1.76 bits per heavy atom. The summed E-state index contributed by atoms with van der Waals surface area (Å²) in [5.74, 6) is -0.347. The Kier molecular flexibility index (Phi) is 2.53. The molecule has 0 aliphatic heterocycles. The van der Waals surface area contributed by atoms with Crippen LogP contribution in [-0.2, 0) is 4.79 Å². The maximum Gasteiger partial charge on any atom is 0.269 e. The number of non-ortho nitro benzene ring substituents is 1. The highest BCUT2D eigenvalue weighted by atomic mass is 16.6. The van der Waals surface area contributed by atoms with Crippen molar-refractivity contribution < 1.29 is 14.5 Å². The van der Waals surface area contributed by atoms with Gasteiger partial charge in [0.05, 0.1) is 10.3 Å². The van der Waals surface area contributed by atoms with Gasteiger partial charge in [0.25, 0.3) is 5.69 Å². The van der Waals surface area contributed by atoms with Crippen LogP contribution >= 0.6 is 0 Å². The minimum Gasteiger partial charge on any atom is -0.299 e. The second-order valence-corrected chi connectivity index (χ2v) is 4.27. The van der Waals surface area contributed by atoms with Crippen molar-refractivity contribution in [1.82, 2.24) is 0 Å². The lowest BCUT2D eigenvalue weighted by molar-refractivity contribution is -0.384. The molecule has 1 fully saturated rings. The molecule has 1 saturated carbocycles. The van der Waals surface area contributed by atoms with Crippen LogP contribution in [0.25, 0.3) is 0 Å². The minimum absolute atomic E-state index is 0.0609. The number of rotatable bonds is 4. The molecule has 5 heteroatoms. The first-order chi connectivity index (χ1) is 7.97. The lowest BCUT2D eigenvalue weighted by Crippen LogP contribution is -2.23. The number of carbonyl (C=O) groups is 2. The van der Waals surface area contributed by atoms with Gasteiger partial charge in [-0.25, -0.2) is 0 Å². The number of carbonyl (C=O) groups excluding carboxylic acids is 2. The maximum absolute atomic E-state index is 12.1. The first-order valence-corrected chi connectivity index (χ1v) is 5.28. The first kappa shape index (κ1) is 11.4. The highest BCUT2D eigenvalue weighted by Gasteiger charge is 2.53. The van der Waals surface area contributed by atoms with Gasteiger partial charge in [-0.05, 0) is 31.9 Å². The molecule has 1 aliphatic carbocycles. The predicted molar refractivity (Wildman–Crippen MR) is 59.8 cm³/mol. The Hall–Kier alpha value is -2.04. The van der Waals surface area contributed by atoms with E-state index in [9.17, 15) is 19.7 Å². The quantitative estimate of drug-likeness (QED) is 0.345. The van der Waals surface area contributed by atoms with Gasteiger partial charge < -0.3 is 0 Å². The van der Waals surface area contributed by atoms with Gasteiger partial charge in [-0.15, -0.1) is 0 Å². The van der Waals surface area contributed by atoms with Crippen LogP contribution in [0.4, 0.5) is 5.69 Å². The zero-order valence-electron chi connectivity index (χ0n) is 9.30. The normalized spacial score (nSPS) is 16.3. The molecule has 0 atom stereocenters. The molecule has 0 unspecified atom stereocenters. The molecule has 0 radical (unpaired) electrons. The second-order valence-electron chi connectivity index (χ2n) is 4.27. The van der Waals surface area contributed by atoms with E-state index in [2.05, 4.69) is 0 Å². The Balaban J connectivity index is 2.27. The fourth-order valence-electron chi connectivity index (χ4n) is 1.87. The summed E-state index contributed by atoms with van der Waals surface area (Å²) in [5, 5.41) is 10.5. The van der Waals surface area contributed by atoms with E-state index in [-0.39, 0.29) is 17.3 Å². The lowest BCUT2D eigenvalue weighted by atomic mass is 9.91. The maximum atomic E-state index is 12.1. The van der Waals surface area contributed by atoms with Crippen LogP contribution in [0.1, 0.15) is 30.1 Å². The monoisotopic (exact) mass is 233 g/mol. The molecule has 17 heavy (non-hydrogen) atoms. The summed E-state index contributed by atoms with van der Waals surface area (Å²) in [6.07, 6.45) is 1.16. The van der Waals surface area contributed by atoms with Gasteiger partial charge >= 0.3 is 0 Å². The van der Waals surface area contributed by atoms with E-state index >= 15 is 0 Å². The van der Waals surface area contributed by atoms with Gasteiger partial charge in [-0.3, -0.25) is 19.7 Å². The number of ketones is 2. The summed E-state index contributed by atoms with van der Waals surface area (Å²) in [6, 6.07) is 5.37. The van der Waals surface area contributed by atoms with E-state index in [0.717, 1.165) is 0 Å². The number of nitro benzene ring substituents is 1. The standard InChI is InChI=1S/C12H11NO4/c1-8(14)12(6-7-12)11(15)9-2-4-10(5-3-9)13(16)17/h2-5H,6-7H2,1H3. The summed E-state index contributed by atoms with van der Waals surface area (Å²) < 4.78 is 0. The van der Waals surface area contributed by atoms with E-state index in [1.54, 1.807) is 0 Å². The van der Waals surface area contributed by atoms with Crippen LogP contribution in [0.15, 0.2) is 24.3 Å². The van der Waals surface area contributed by atoms with E-state index < -0.39 is 10.3 Å². The van der Waals surface area contributed by atoms with Crippen molar-refractivity contribution in [3.05, 3.63) is 39.9 Å². The molecule has 0 amide bonds. The number of nitrogens with zero attached hydrogens (tertiary/aromatic N) is 1. The summed E-state index contributed by atoms with van der Waals surface area (Å²) in [4.78, 5) is 33.4. The van der Waals surface area contributed by atoms with Crippen LogP contribution in [0.3, 0.4) is 0 Å². The van der Waals surface area contributed by atoms with Gasteiger partial charge in [-0.2, -0.15) is 0 Å². The predicted octanol–water partition coefficient (Wildman–Crippen LogP) is 2.15. The molecule has 0 saturated heterocycles. The van der Waals surface area contributed by atoms with Gasteiger partial charge in [0, 0.05) is 17.7 Å². The van der Waals surface area contributed by atoms with Gasteiger partial charge in [0.2, 0.25) is 0 Å². The van der Waals surface area contributed by atoms with Gasteiger partial charge in [-0.1, -0.05) is 0 Å². The summed E-state index contributed by atoms with van der Waals surface area (Å²) in [7, 11) is 0. The number of nitro groups is 1. The average molecular weight is 233 g/mol. The molecule has 1 aromatic carbocycles. The van der Waals surface area contributed by atoms with Crippen molar-refractivity contribution in [1.29, 1.82) is 0 Å². The molecule has 0 aromatic heterocycles. The number of hydrogen-bond donors (Lipinski definition) is 0. The van der Waals surface area contributed by atoms with Crippen molar-refractivity contribution in [3.8, 4) is 0 Å². The fourth-order valence-corrected chi connectivity index (χ4v) is 1.87. The smallest absolute Gasteiger partial charge is 0.269 e. The van der Waals surface area contributed by atoms with Crippen molar-refractivity contribution >= 4 is 17.3 Å². The van der Waals surface area contributed by atoms with Crippen LogP contribution < -0.4 is 0 Å². The molecule has 0 bridgehead atoms. The number of hydrogen-bond acceptors (Lipinski definition) is 4. The number of Topliss-reactive ketones (excluding diaryl/α,β-unsaturated/α-hetero) is 2. The molecule has 88 valence electrons. The fraction of sp³-hybridized carbons (Fsp3) is 0.333. The zero-order valence-corrected chi connectivity index (χ0v) is 9.30. The van der Waals surface area contributed by atoms with Crippen molar-refractivity contribution in [2.45, 2.75) is 19.8 Å².